The molecule has 0 spiro atoms. The molecular formula is C10H8N6O2. The Hall–Kier alpha value is -2.99. The zero-order valence-corrected chi connectivity index (χ0v) is 9.06. The molecule has 0 aliphatic carbocycles. The van der Waals surface area contributed by atoms with Crippen molar-refractivity contribution in [3.63, 3.8) is 0 Å². The van der Waals surface area contributed by atoms with E-state index in [-0.39, 0.29) is 5.95 Å². The summed E-state index contributed by atoms with van der Waals surface area (Å²) in [6.07, 6.45) is 0.158. The maximum absolute atomic E-state index is 11.0. The fourth-order valence-corrected chi connectivity index (χ4v) is 1.52. The van der Waals surface area contributed by atoms with Gasteiger partial charge in [0.15, 0.2) is 0 Å². The van der Waals surface area contributed by atoms with E-state index in [1.54, 1.807) is 24.3 Å². The number of nitrogen functional groups attached to an aromatic ring is 1. The van der Waals surface area contributed by atoms with Crippen molar-refractivity contribution in [2.24, 2.45) is 5.11 Å². The topological polar surface area (TPSA) is 130 Å². The number of hydrogen-bond acceptors (Lipinski definition) is 4. The first-order valence-electron chi connectivity index (χ1n) is 4.85. The minimum atomic E-state index is -1.21. The molecule has 2 rings (SSSR count). The van der Waals surface area contributed by atoms with Gasteiger partial charge in [-0.3, -0.25) is 0 Å². The fraction of sp³-hybridized carbons (Fsp3) is 0. The number of imidazole rings is 1. The maximum Gasteiger partial charge on any atom is 0.418 e. The lowest BCUT2D eigenvalue weighted by molar-refractivity contribution is 0.197. The Bertz CT molecular complexity index is 639. The van der Waals surface area contributed by atoms with Gasteiger partial charge in [-0.25, -0.2) is 14.3 Å². The Kier molecular flexibility index (Phi) is 2.86. The summed E-state index contributed by atoms with van der Waals surface area (Å²) in [6, 6.07) is 6.40. The summed E-state index contributed by atoms with van der Waals surface area (Å²) in [6.45, 7) is 0. The molecule has 90 valence electrons. The highest BCUT2D eigenvalue weighted by molar-refractivity contribution is 5.80. The van der Waals surface area contributed by atoms with Gasteiger partial charge in [0.05, 0.1) is 11.9 Å². The highest BCUT2D eigenvalue weighted by Crippen LogP contribution is 2.24. The van der Waals surface area contributed by atoms with Crippen LogP contribution in [0.15, 0.2) is 35.6 Å². The molecule has 1 aromatic carbocycles. The van der Waals surface area contributed by atoms with E-state index in [4.69, 9.17) is 16.4 Å². The molecule has 0 bridgehead atoms. The predicted octanol–water partition coefficient (Wildman–Crippen LogP) is 2.60. The summed E-state index contributed by atoms with van der Waals surface area (Å²) in [5.41, 5.74) is 15.1. The first-order chi connectivity index (χ1) is 8.63. The van der Waals surface area contributed by atoms with Crippen LogP contribution in [0.3, 0.4) is 0 Å². The molecule has 0 fully saturated rings. The number of nitrogens with zero attached hydrogens (tertiary/aromatic N) is 5. The van der Waals surface area contributed by atoms with Crippen molar-refractivity contribution in [1.29, 1.82) is 0 Å². The van der Waals surface area contributed by atoms with Crippen LogP contribution in [-0.4, -0.2) is 20.8 Å². The number of nitrogens with two attached hydrogens (primary N) is 1. The van der Waals surface area contributed by atoms with Crippen LogP contribution in [0.2, 0.25) is 0 Å². The highest BCUT2D eigenvalue weighted by atomic mass is 16.4. The van der Waals surface area contributed by atoms with Crippen LogP contribution in [0, 0.1) is 0 Å². The van der Waals surface area contributed by atoms with Gasteiger partial charge in [-0.05, 0) is 5.53 Å². The van der Waals surface area contributed by atoms with Gasteiger partial charge in [0, 0.05) is 16.2 Å². The molecular weight excluding hydrogens is 236 g/mol. The summed E-state index contributed by atoms with van der Waals surface area (Å²) in [7, 11) is 0. The van der Waals surface area contributed by atoms with Gasteiger partial charge in [-0.1, -0.05) is 29.4 Å². The zero-order valence-electron chi connectivity index (χ0n) is 9.06. The van der Waals surface area contributed by atoms with E-state index in [9.17, 15) is 4.79 Å². The normalized spacial score (nSPS) is 9.78. The molecule has 3 N–H and O–H groups in total. The molecule has 0 aliphatic rings. The van der Waals surface area contributed by atoms with Gasteiger partial charge in [-0.15, -0.1) is 0 Å². The van der Waals surface area contributed by atoms with Crippen LogP contribution in [0.5, 0.6) is 0 Å². The monoisotopic (exact) mass is 244 g/mol. The van der Waals surface area contributed by atoms with Crippen LogP contribution in [0.1, 0.15) is 0 Å². The number of anilines is 1. The van der Waals surface area contributed by atoms with Crippen molar-refractivity contribution < 1.29 is 9.90 Å². The summed E-state index contributed by atoms with van der Waals surface area (Å²) >= 11 is 0. The van der Waals surface area contributed by atoms with Gasteiger partial charge < -0.3 is 10.8 Å². The average molecular weight is 244 g/mol. The molecule has 0 saturated heterocycles. The van der Waals surface area contributed by atoms with E-state index in [1.807, 2.05) is 0 Å². The van der Waals surface area contributed by atoms with Crippen LogP contribution in [0.4, 0.5) is 16.4 Å². The third-order valence-corrected chi connectivity index (χ3v) is 2.30. The van der Waals surface area contributed by atoms with Crippen molar-refractivity contribution in [1.82, 2.24) is 9.55 Å². The Morgan fingerprint density at radius 3 is 2.67 bits per heavy atom. The van der Waals surface area contributed by atoms with E-state index in [0.29, 0.717) is 16.9 Å². The fourth-order valence-electron chi connectivity index (χ4n) is 1.52. The summed E-state index contributed by atoms with van der Waals surface area (Å²) < 4.78 is 0.878. The number of azide groups is 1. The Labute approximate surface area is 101 Å². The number of aromatic nitrogens is 2. The molecule has 1 aromatic heterocycles. The van der Waals surface area contributed by atoms with Crippen molar-refractivity contribution in [2.45, 2.75) is 0 Å². The number of carboxylic acid groups (broad SMARTS) is 1. The van der Waals surface area contributed by atoms with Crippen molar-refractivity contribution in [2.75, 3.05) is 5.73 Å². The van der Waals surface area contributed by atoms with Gasteiger partial charge in [0.2, 0.25) is 5.95 Å². The molecule has 8 heteroatoms. The molecule has 2 aromatic rings. The first kappa shape index (κ1) is 11.5. The second kappa shape index (κ2) is 4.48. The van der Waals surface area contributed by atoms with Gasteiger partial charge in [0.25, 0.3) is 0 Å². The number of hydrogen-bond donors (Lipinski definition) is 2. The van der Waals surface area contributed by atoms with E-state index in [2.05, 4.69) is 15.0 Å². The molecule has 8 nitrogen and oxygen atoms in total. The number of benzene rings is 1. The Morgan fingerprint density at radius 2 is 2.11 bits per heavy atom. The summed E-state index contributed by atoms with van der Waals surface area (Å²) in [5.74, 6) is -0.100. The third-order valence-electron chi connectivity index (χ3n) is 2.30. The van der Waals surface area contributed by atoms with E-state index < -0.39 is 6.09 Å². The third kappa shape index (κ3) is 1.95. The van der Waals surface area contributed by atoms with Gasteiger partial charge >= 0.3 is 6.09 Å². The van der Waals surface area contributed by atoms with Crippen molar-refractivity contribution in [3.8, 4) is 11.3 Å². The van der Waals surface area contributed by atoms with Crippen LogP contribution < -0.4 is 5.73 Å². The minimum Gasteiger partial charge on any atom is -0.464 e. The second-order valence-corrected chi connectivity index (χ2v) is 3.36. The molecule has 1 heterocycles. The molecule has 0 atom stereocenters. The van der Waals surface area contributed by atoms with Crippen LogP contribution >= 0.6 is 0 Å². The van der Waals surface area contributed by atoms with Crippen molar-refractivity contribution in [3.05, 3.63) is 40.9 Å². The second-order valence-electron chi connectivity index (χ2n) is 3.36. The standard InChI is InChI=1S/C10H8N6O2/c11-9-13-5-8(16(9)10(17)18)6-1-3-7(4-2-6)14-15-12/h1-5H,(H2,11,13)(H,17,18). The van der Waals surface area contributed by atoms with Gasteiger partial charge in [-0.2, -0.15) is 0 Å². The van der Waals surface area contributed by atoms with E-state index in [0.717, 1.165) is 4.57 Å². The molecule has 0 aliphatic heterocycles. The largest absolute Gasteiger partial charge is 0.464 e. The zero-order chi connectivity index (χ0) is 13.1. The van der Waals surface area contributed by atoms with E-state index >= 15 is 0 Å². The van der Waals surface area contributed by atoms with Crippen molar-refractivity contribution >= 4 is 17.7 Å². The summed E-state index contributed by atoms with van der Waals surface area (Å²) in [4.78, 5) is 17.4. The highest BCUT2D eigenvalue weighted by Gasteiger charge is 2.14. The molecule has 0 radical (unpaired) electrons. The maximum atomic E-state index is 11.0. The molecule has 0 unspecified atom stereocenters. The SMILES string of the molecule is [N-]=[N+]=Nc1ccc(-c2cnc(N)n2C(=O)O)cc1. The number of carbonyl (C=O) groups is 1. The summed E-state index contributed by atoms with van der Waals surface area (Å²) in [5, 5.41) is 12.4. The molecule has 18 heavy (non-hydrogen) atoms. The smallest absolute Gasteiger partial charge is 0.418 e. The van der Waals surface area contributed by atoms with Crippen LogP contribution in [-0.2, 0) is 0 Å². The van der Waals surface area contributed by atoms with E-state index in [1.165, 1.54) is 6.20 Å². The first-order valence-corrected chi connectivity index (χ1v) is 4.85. The average Bonchev–Trinajstić information content (AvgIpc) is 2.73. The number of rotatable bonds is 2. The van der Waals surface area contributed by atoms with Crippen LogP contribution in [0.25, 0.3) is 21.7 Å². The Balaban J connectivity index is 2.49. The lowest BCUT2D eigenvalue weighted by atomic mass is 10.1. The van der Waals surface area contributed by atoms with Gasteiger partial charge in [0.1, 0.15) is 0 Å². The minimum absolute atomic E-state index is 0.100. The molecule has 0 saturated carbocycles. The lowest BCUT2D eigenvalue weighted by Gasteiger charge is -2.04. The predicted molar refractivity (Wildman–Crippen MR) is 64.3 cm³/mol. The molecule has 0 amide bonds. The lowest BCUT2D eigenvalue weighted by Crippen LogP contribution is -2.12. The quantitative estimate of drug-likeness (QED) is 0.477. The Morgan fingerprint density at radius 1 is 1.44 bits per heavy atom.